The summed E-state index contributed by atoms with van der Waals surface area (Å²) in [7, 11) is 0. The number of hydrogen-bond acceptors (Lipinski definition) is 4. The van der Waals surface area contributed by atoms with Crippen LogP contribution >= 0.6 is 0 Å². The summed E-state index contributed by atoms with van der Waals surface area (Å²) in [5, 5.41) is 9.01. The van der Waals surface area contributed by atoms with Crippen molar-refractivity contribution in [1.29, 1.82) is 0 Å². The maximum Gasteiger partial charge on any atom is 0.334 e. The number of carbonyl (C=O) groups excluding carboxylic acids is 2. The molecule has 2 atom stereocenters. The van der Waals surface area contributed by atoms with Crippen molar-refractivity contribution in [2.24, 2.45) is 5.92 Å². The summed E-state index contributed by atoms with van der Waals surface area (Å²) >= 11 is 0. The van der Waals surface area contributed by atoms with Gasteiger partial charge in [0, 0.05) is 25.6 Å². The zero-order valence-electron chi connectivity index (χ0n) is 12.6. The normalized spacial score (nSPS) is 30.1. The minimum absolute atomic E-state index is 0.0632. The monoisotopic (exact) mass is 310 g/mol. The molecule has 1 saturated carbocycles. The van der Waals surface area contributed by atoms with Gasteiger partial charge in [-0.25, -0.2) is 4.79 Å². The van der Waals surface area contributed by atoms with Crippen molar-refractivity contribution in [3.05, 3.63) is 0 Å². The minimum Gasteiger partial charge on any atom is -0.479 e. The van der Waals surface area contributed by atoms with Crippen LogP contribution in [0.2, 0.25) is 0 Å². The molecule has 0 unspecified atom stereocenters. The van der Waals surface area contributed by atoms with E-state index in [2.05, 4.69) is 0 Å². The number of nitrogens with zero attached hydrogens (tertiary/aromatic N) is 2. The van der Waals surface area contributed by atoms with Gasteiger partial charge >= 0.3 is 5.97 Å². The second kappa shape index (κ2) is 6.24. The molecule has 22 heavy (non-hydrogen) atoms. The third-order valence-corrected chi connectivity index (χ3v) is 4.93. The van der Waals surface area contributed by atoms with Gasteiger partial charge in [0.05, 0.1) is 19.1 Å². The van der Waals surface area contributed by atoms with E-state index in [1.54, 1.807) is 4.90 Å². The molecule has 2 aliphatic heterocycles. The number of likely N-dealkylation sites (tertiary alicyclic amines) is 1. The number of hydrogen-bond donors (Lipinski definition) is 1. The van der Waals surface area contributed by atoms with Crippen molar-refractivity contribution >= 4 is 17.8 Å². The van der Waals surface area contributed by atoms with Crippen LogP contribution in [-0.2, 0) is 19.1 Å². The van der Waals surface area contributed by atoms with Gasteiger partial charge in [-0.3, -0.25) is 9.59 Å². The molecule has 0 bridgehead atoms. The van der Waals surface area contributed by atoms with E-state index in [9.17, 15) is 14.4 Å². The van der Waals surface area contributed by atoms with Crippen molar-refractivity contribution in [2.45, 2.75) is 44.2 Å². The second-order valence-corrected chi connectivity index (χ2v) is 6.37. The Morgan fingerprint density at radius 2 is 1.91 bits per heavy atom. The van der Waals surface area contributed by atoms with Crippen molar-refractivity contribution in [3.8, 4) is 0 Å². The van der Waals surface area contributed by atoms with Crippen molar-refractivity contribution in [3.63, 3.8) is 0 Å². The average Bonchev–Trinajstić information content (AvgIpc) is 3.15. The van der Waals surface area contributed by atoms with Crippen LogP contribution in [-0.4, -0.2) is 71.1 Å². The number of carbonyl (C=O) groups is 3. The van der Waals surface area contributed by atoms with Crippen LogP contribution in [0.4, 0.5) is 0 Å². The number of carboxylic acids is 1. The van der Waals surface area contributed by atoms with E-state index in [-0.39, 0.29) is 37.3 Å². The maximum absolute atomic E-state index is 12.6. The quantitative estimate of drug-likeness (QED) is 0.798. The summed E-state index contributed by atoms with van der Waals surface area (Å²) in [5.74, 6) is -1.43. The molecule has 2 saturated heterocycles. The topological polar surface area (TPSA) is 87.2 Å². The number of rotatable bonds is 3. The van der Waals surface area contributed by atoms with Crippen molar-refractivity contribution in [1.82, 2.24) is 9.80 Å². The molecule has 7 nitrogen and oxygen atoms in total. The summed E-state index contributed by atoms with van der Waals surface area (Å²) in [6.07, 6.45) is 3.66. The summed E-state index contributed by atoms with van der Waals surface area (Å²) in [4.78, 5) is 39.1. The lowest BCUT2D eigenvalue weighted by molar-refractivity contribution is -0.160. The van der Waals surface area contributed by atoms with Crippen LogP contribution in [0, 0.1) is 5.92 Å². The molecule has 0 aromatic rings. The van der Waals surface area contributed by atoms with E-state index in [0.717, 1.165) is 25.7 Å². The largest absolute Gasteiger partial charge is 0.479 e. The molecule has 0 aromatic carbocycles. The highest BCUT2D eigenvalue weighted by Crippen LogP contribution is 2.30. The minimum atomic E-state index is -1.05. The Hall–Kier alpha value is -1.63. The van der Waals surface area contributed by atoms with E-state index in [4.69, 9.17) is 9.84 Å². The number of morpholine rings is 1. The summed E-state index contributed by atoms with van der Waals surface area (Å²) < 4.78 is 5.14. The Morgan fingerprint density at radius 1 is 1.18 bits per heavy atom. The van der Waals surface area contributed by atoms with Gasteiger partial charge in [-0.2, -0.15) is 0 Å². The molecule has 0 radical (unpaired) electrons. The first-order valence-electron chi connectivity index (χ1n) is 7.99. The molecule has 1 N–H and O–H groups in total. The van der Waals surface area contributed by atoms with Crippen LogP contribution in [0.25, 0.3) is 0 Å². The fourth-order valence-corrected chi connectivity index (χ4v) is 3.72. The summed E-state index contributed by atoms with van der Waals surface area (Å²) in [6, 6.07) is 0.293. The smallest absolute Gasteiger partial charge is 0.334 e. The zero-order valence-corrected chi connectivity index (χ0v) is 12.6. The van der Waals surface area contributed by atoms with E-state index in [1.807, 2.05) is 4.90 Å². The fourth-order valence-electron chi connectivity index (χ4n) is 3.72. The standard InChI is InChI=1S/C15H22N2O5/c18-13-7-10(8-17(13)11-3-1-2-4-11)14(19)16-5-6-22-12(9-16)15(20)21/h10-12H,1-9H2,(H,20,21)/t10-,12-/m0/s1. The van der Waals surface area contributed by atoms with Crippen LogP contribution in [0.15, 0.2) is 0 Å². The molecule has 3 rings (SSSR count). The lowest BCUT2D eigenvalue weighted by atomic mass is 10.1. The Morgan fingerprint density at radius 3 is 2.59 bits per heavy atom. The Labute approximate surface area is 129 Å². The molecule has 122 valence electrons. The molecule has 3 aliphatic rings. The Bertz CT molecular complexity index is 475. The lowest BCUT2D eigenvalue weighted by Crippen LogP contribution is -2.50. The second-order valence-electron chi connectivity index (χ2n) is 6.37. The van der Waals surface area contributed by atoms with E-state index >= 15 is 0 Å². The highest BCUT2D eigenvalue weighted by atomic mass is 16.5. The van der Waals surface area contributed by atoms with E-state index in [0.29, 0.717) is 19.1 Å². The number of ether oxygens (including phenoxy) is 1. The van der Waals surface area contributed by atoms with Gasteiger partial charge in [0.25, 0.3) is 0 Å². The fraction of sp³-hybridized carbons (Fsp3) is 0.800. The summed E-state index contributed by atoms with van der Waals surface area (Å²) in [6.45, 7) is 1.19. The molecule has 0 spiro atoms. The van der Waals surface area contributed by atoms with Gasteiger partial charge in [0.2, 0.25) is 11.8 Å². The molecule has 2 heterocycles. The van der Waals surface area contributed by atoms with Crippen LogP contribution in [0.5, 0.6) is 0 Å². The van der Waals surface area contributed by atoms with E-state index < -0.39 is 12.1 Å². The maximum atomic E-state index is 12.6. The highest BCUT2D eigenvalue weighted by Gasteiger charge is 2.41. The number of amides is 2. The lowest BCUT2D eigenvalue weighted by Gasteiger charge is -2.32. The third kappa shape index (κ3) is 2.95. The predicted molar refractivity (Wildman–Crippen MR) is 76.0 cm³/mol. The molecular formula is C15H22N2O5. The van der Waals surface area contributed by atoms with Gasteiger partial charge < -0.3 is 19.6 Å². The molecule has 3 fully saturated rings. The number of carboxylic acid groups (broad SMARTS) is 1. The molecular weight excluding hydrogens is 288 g/mol. The molecule has 1 aliphatic carbocycles. The van der Waals surface area contributed by atoms with Gasteiger partial charge in [-0.1, -0.05) is 12.8 Å². The average molecular weight is 310 g/mol. The SMILES string of the molecule is O=C(O)[C@@H]1CN(C(=O)[C@H]2CC(=O)N(C3CCCC3)C2)CCO1. The van der Waals surface area contributed by atoms with Gasteiger partial charge in [-0.15, -0.1) is 0 Å². The first kappa shape index (κ1) is 15.3. The number of aliphatic carboxylic acids is 1. The van der Waals surface area contributed by atoms with Crippen LogP contribution in [0.3, 0.4) is 0 Å². The van der Waals surface area contributed by atoms with Gasteiger partial charge in [0.1, 0.15) is 0 Å². The zero-order chi connectivity index (χ0) is 15.7. The molecule has 7 heteroatoms. The molecule has 2 amide bonds. The predicted octanol–water partition coefficient (Wildman–Crippen LogP) is 0.0895. The van der Waals surface area contributed by atoms with Crippen LogP contribution in [0.1, 0.15) is 32.1 Å². The third-order valence-electron chi connectivity index (χ3n) is 4.93. The molecule has 0 aromatic heterocycles. The van der Waals surface area contributed by atoms with Crippen LogP contribution < -0.4 is 0 Å². The van der Waals surface area contributed by atoms with Crippen molar-refractivity contribution < 1.29 is 24.2 Å². The highest BCUT2D eigenvalue weighted by molar-refractivity contribution is 5.89. The summed E-state index contributed by atoms with van der Waals surface area (Å²) in [5.41, 5.74) is 0. The Balaban J connectivity index is 1.60. The van der Waals surface area contributed by atoms with Gasteiger partial charge in [-0.05, 0) is 12.8 Å². The van der Waals surface area contributed by atoms with Gasteiger partial charge in [0.15, 0.2) is 6.10 Å². The first-order chi connectivity index (χ1) is 10.6. The van der Waals surface area contributed by atoms with Crippen molar-refractivity contribution in [2.75, 3.05) is 26.2 Å². The van der Waals surface area contributed by atoms with E-state index in [1.165, 1.54) is 0 Å². The Kier molecular flexibility index (Phi) is 4.33. The first-order valence-corrected chi connectivity index (χ1v) is 7.99.